The number of furan rings is 1. The van der Waals surface area contributed by atoms with Crippen molar-refractivity contribution in [3.05, 3.63) is 86.8 Å². The molecule has 0 aliphatic carbocycles. The molecule has 0 saturated carbocycles. The van der Waals surface area contributed by atoms with E-state index in [2.05, 4.69) is 76.1 Å². The number of aromatic nitrogens is 1. The van der Waals surface area contributed by atoms with Gasteiger partial charge in [0.25, 0.3) is 0 Å². The first-order valence-electron chi connectivity index (χ1n) is 9.62. The number of carbonyl (C=O) groups excluding carboxylic acids is 1. The summed E-state index contributed by atoms with van der Waals surface area (Å²) < 4.78 is 8.73. The maximum Gasteiger partial charge on any atom is 0.307 e. The second-order valence-electron chi connectivity index (χ2n) is 7.50. The number of benzene rings is 2. The largest absolute Gasteiger partial charge is 0.451 e. The van der Waals surface area contributed by atoms with Crippen molar-refractivity contribution in [2.45, 2.75) is 27.7 Å². The minimum Gasteiger partial charge on any atom is -0.451 e. The number of aryl methyl sites for hydroxylation is 3. The van der Waals surface area contributed by atoms with Gasteiger partial charge in [0.05, 0.1) is 6.21 Å². The van der Waals surface area contributed by atoms with E-state index in [9.17, 15) is 4.79 Å². The van der Waals surface area contributed by atoms with Gasteiger partial charge in [-0.05, 0) is 81.3 Å². The topological polar surface area (TPSA) is 59.5 Å². The smallest absolute Gasteiger partial charge is 0.307 e. The van der Waals surface area contributed by atoms with Crippen molar-refractivity contribution in [2.75, 3.05) is 0 Å². The van der Waals surface area contributed by atoms with Crippen LogP contribution in [0.5, 0.6) is 0 Å². The molecule has 152 valence electrons. The Labute approximate surface area is 183 Å². The highest BCUT2D eigenvalue weighted by atomic mass is 79.9. The zero-order chi connectivity index (χ0) is 21.4. The van der Waals surface area contributed by atoms with E-state index in [4.69, 9.17) is 4.42 Å². The third-order valence-corrected chi connectivity index (χ3v) is 5.50. The molecule has 1 amide bonds. The first-order chi connectivity index (χ1) is 14.3. The molecule has 4 rings (SSSR count). The van der Waals surface area contributed by atoms with Gasteiger partial charge in [0, 0.05) is 32.5 Å². The summed E-state index contributed by atoms with van der Waals surface area (Å²) in [6, 6.07) is 15.8. The maximum atomic E-state index is 12.4. The van der Waals surface area contributed by atoms with Crippen LogP contribution in [0.25, 0.3) is 16.7 Å². The Morgan fingerprint density at radius 1 is 1.03 bits per heavy atom. The number of nitrogens with zero attached hydrogens (tertiary/aromatic N) is 2. The molecule has 0 atom stereocenters. The third kappa shape index (κ3) is 3.96. The fraction of sp³-hybridized carbons (Fsp3) is 0.167. The van der Waals surface area contributed by atoms with Crippen LogP contribution in [0, 0.1) is 27.7 Å². The van der Waals surface area contributed by atoms with Crippen molar-refractivity contribution in [2.24, 2.45) is 5.10 Å². The number of halogens is 1. The molecule has 2 aromatic carbocycles. The molecule has 0 unspecified atom stereocenters. The molecule has 6 heteroatoms. The molecule has 1 N–H and O–H groups in total. The summed E-state index contributed by atoms with van der Waals surface area (Å²) >= 11 is 3.42. The van der Waals surface area contributed by atoms with Crippen molar-refractivity contribution in [3.63, 3.8) is 0 Å². The molecule has 30 heavy (non-hydrogen) atoms. The number of hydrazone groups is 1. The van der Waals surface area contributed by atoms with Crippen LogP contribution in [-0.4, -0.2) is 16.7 Å². The molecule has 0 aliphatic rings. The molecule has 4 aromatic rings. The first kappa shape index (κ1) is 20.2. The quantitative estimate of drug-likeness (QED) is 0.298. The van der Waals surface area contributed by atoms with Gasteiger partial charge in [-0.3, -0.25) is 4.79 Å². The predicted octanol–water partition coefficient (Wildman–Crippen LogP) is 5.98. The zero-order valence-corrected chi connectivity index (χ0v) is 18.9. The number of carbonyl (C=O) groups is 1. The molecule has 0 fully saturated rings. The summed E-state index contributed by atoms with van der Waals surface area (Å²) in [5.41, 5.74) is 9.88. The van der Waals surface area contributed by atoms with E-state index in [0.717, 1.165) is 32.5 Å². The Morgan fingerprint density at radius 3 is 2.50 bits per heavy atom. The molecule has 0 aliphatic heterocycles. The van der Waals surface area contributed by atoms with Crippen LogP contribution in [0.2, 0.25) is 0 Å². The Kier molecular flexibility index (Phi) is 5.35. The predicted molar refractivity (Wildman–Crippen MR) is 124 cm³/mol. The van der Waals surface area contributed by atoms with Crippen LogP contribution in [-0.2, 0) is 0 Å². The molecule has 0 radical (unpaired) electrons. The summed E-state index contributed by atoms with van der Waals surface area (Å²) in [4.78, 5) is 12.4. The fourth-order valence-corrected chi connectivity index (χ4v) is 4.12. The molecular formula is C24H22BrN3O2. The number of hydrogen-bond donors (Lipinski definition) is 1. The monoisotopic (exact) mass is 463 g/mol. The molecule has 2 heterocycles. The molecule has 2 aromatic heterocycles. The summed E-state index contributed by atoms with van der Waals surface area (Å²) in [6.45, 7) is 8.30. The lowest BCUT2D eigenvalue weighted by Gasteiger charge is -2.11. The highest BCUT2D eigenvalue weighted by molar-refractivity contribution is 9.10. The lowest BCUT2D eigenvalue weighted by Crippen LogP contribution is -2.16. The van der Waals surface area contributed by atoms with Crippen molar-refractivity contribution >= 4 is 39.0 Å². The summed E-state index contributed by atoms with van der Waals surface area (Å²) in [7, 11) is 0. The van der Waals surface area contributed by atoms with Gasteiger partial charge in [-0.15, -0.1) is 0 Å². The molecule has 5 nitrogen and oxygen atoms in total. The second kappa shape index (κ2) is 7.95. The van der Waals surface area contributed by atoms with Crippen molar-refractivity contribution in [3.8, 4) is 5.69 Å². The van der Waals surface area contributed by atoms with Gasteiger partial charge in [-0.25, -0.2) is 5.43 Å². The number of fused-ring (bicyclic) bond motifs is 1. The van der Waals surface area contributed by atoms with Crippen LogP contribution in [0.15, 0.2) is 62.5 Å². The van der Waals surface area contributed by atoms with Gasteiger partial charge in [0.1, 0.15) is 5.58 Å². The minimum absolute atomic E-state index is 0.223. The lowest BCUT2D eigenvalue weighted by molar-refractivity contribution is 0.0929. The van der Waals surface area contributed by atoms with Crippen molar-refractivity contribution in [1.82, 2.24) is 9.99 Å². The van der Waals surface area contributed by atoms with Crippen molar-refractivity contribution < 1.29 is 9.21 Å². The maximum absolute atomic E-state index is 12.4. The van der Waals surface area contributed by atoms with E-state index < -0.39 is 0 Å². The van der Waals surface area contributed by atoms with E-state index >= 15 is 0 Å². The van der Waals surface area contributed by atoms with Crippen LogP contribution < -0.4 is 5.43 Å². The van der Waals surface area contributed by atoms with Gasteiger partial charge in [0.15, 0.2) is 5.76 Å². The minimum atomic E-state index is -0.387. The van der Waals surface area contributed by atoms with Gasteiger partial charge < -0.3 is 8.98 Å². The zero-order valence-electron chi connectivity index (χ0n) is 17.3. The van der Waals surface area contributed by atoms with Gasteiger partial charge in [-0.1, -0.05) is 22.0 Å². The normalized spacial score (nSPS) is 11.5. The van der Waals surface area contributed by atoms with E-state index in [1.807, 2.05) is 25.1 Å². The Morgan fingerprint density at radius 2 is 1.77 bits per heavy atom. The lowest BCUT2D eigenvalue weighted by atomic mass is 10.1. The molecule has 0 spiro atoms. The molecular weight excluding hydrogens is 442 g/mol. The third-order valence-electron chi connectivity index (χ3n) is 5.01. The van der Waals surface area contributed by atoms with Gasteiger partial charge >= 0.3 is 5.91 Å². The molecule has 0 bridgehead atoms. The van der Waals surface area contributed by atoms with E-state index in [-0.39, 0.29) is 11.7 Å². The average Bonchev–Trinajstić information content (AvgIpc) is 3.21. The number of rotatable bonds is 4. The van der Waals surface area contributed by atoms with E-state index in [1.54, 1.807) is 12.3 Å². The SMILES string of the molecule is Cc1cc(C)cc(-n2c(C)cc(/C=N/NC(=O)c3cc4cc(Br)ccc4o3)c2C)c1. The summed E-state index contributed by atoms with van der Waals surface area (Å²) in [6.07, 6.45) is 1.67. The Hall–Kier alpha value is -3.12. The molecule has 0 saturated heterocycles. The highest BCUT2D eigenvalue weighted by Crippen LogP contribution is 2.24. The van der Waals surface area contributed by atoms with E-state index in [1.165, 1.54) is 11.1 Å². The highest BCUT2D eigenvalue weighted by Gasteiger charge is 2.13. The fourth-order valence-electron chi connectivity index (χ4n) is 3.74. The summed E-state index contributed by atoms with van der Waals surface area (Å²) in [5.74, 6) is -0.164. The average molecular weight is 464 g/mol. The van der Waals surface area contributed by atoms with E-state index in [0.29, 0.717) is 5.58 Å². The standard InChI is InChI=1S/C24H22BrN3O2/c1-14-7-15(2)9-21(8-14)28-16(3)10-19(17(28)4)13-26-27-24(29)23-12-18-11-20(25)5-6-22(18)30-23/h5-13H,1-4H3,(H,27,29)/b26-13+. The number of hydrogen-bond acceptors (Lipinski definition) is 3. The van der Waals surface area contributed by atoms with Gasteiger partial charge in [-0.2, -0.15) is 5.10 Å². The Bertz CT molecular complexity index is 1280. The Balaban J connectivity index is 1.54. The number of amides is 1. The van der Waals surface area contributed by atoms with Crippen molar-refractivity contribution in [1.29, 1.82) is 0 Å². The van der Waals surface area contributed by atoms with Crippen LogP contribution in [0.3, 0.4) is 0 Å². The van der Waals surface area contributed by atoms with Gasteiger partial charge in [0.2, 0.25) is 0 Å². The number of nitrogens with one attached hydrogen (secondary N) is 1. The first-order valence-corrected chi connectivity index (χ1v) is 10.4. The van der Waals surface area contributed by atoms with Crippen LogP contribution in [0.1, 0.15) is 38.6 Å². The van der Waals surface area contributed by atoms with Crippen LogP contribution >= 0.6 is 15.9 Å². The second-order valence-corrected chi connectivity index (χ2v) is 8.42. The van der Waals surface area contributed by atoms with Crippen LogP contribution in [0.4, 0.5) is 0 Å². The summed E-state index contributed by atoms with van der Waals surface area (Å²) in [5, 5.41) is 5.00.